The van der Waals surface area contributed by atoms with Crippen LogP contribution in [-0.4, -0.2) is 36.4 Å². The Morgan fingerprint density at radius 2 is 1.18 bits per heavy atom. The van der Waals surface area contributed by atoms with Gasteiger partial charge in [0.25, 0.3) is 0 Å². The van der Waals surface area contributed by atoms with E-state index in [1.165, 1.54) is 89.9 Å². The summed E-state index contributed by atoms with van der Waals surface area (Å²) >= 11 is 0. The van der Waals surface area contributed by atoms with Crippen molar-refractivity contribution >= 4 is 5.97 Å². The number of ether oxygens (including phenoxy) is 1. The molecule has 0 rings (SSSR count). The van der Waals surface area contributed by atoms with Gasteiger partial charge in [0, 0.05) is 13.0 Å². The molecule has 33 heavy (non-hydrogen) atoms. The fourth-order valence-electron chi connectivity index (χ4n) is 4.27. The average molecular weight is 470 g/mol. The third kappa shape index (κ3) is 24.3. The van der Waals surface area contributed by atoms with Crippen molar-refractivity contribution in [3.05, 3.63) is 0 Å². The zero-order valence-electron chi connectivity index (χ0n) is 22.7. The van der Waals surface area contributed by atoms with E-state index in [0.717, 1.165) is 45.1 Å². The predicted molar refractivity (Wildman–Crippen MR) is 143 cm³/mol. The molecule has 0 fully saturated rings. The van der Waals surface area contributed by atoms with Crippen LogP contribution in [0.1, 0.15) is 156 Å². The van der Waals surface area contributed by atoms with E-state index in [9.17, 15) is 9.90 Å². The van der Waals surface area contributed by atoms with Crippen LogP contribution >= 0.6 is 0 Å². The van der Waals surface area contributed by atoms with Crippen molar-refractivity contribution in [1.29, 1.82) is 0 Å². The smallest absolute Gasteiger partial charge is 0.306 e. The van der Waals surface area contributed by atoms with Crippen LogP contribution in [0.4, 0.5) is 0 Å². The number of aliphatic hydroxyl groups excluding tert-OH is 1. The summed E-state index contributed by atoms with van der Waals surface area (Å²) in [5, 5.41) is 12.8. The predicted octanol–water partition coefficient (Wildman–Crippen LogP) is 8.10. The van der Waals surface area contributed by atoms with Gasteiger partial charge in [-0.25, -0.2) is 0 Å². The van der Waals surface area contributed by atoms with Gasteiger partial charge < -0.3 is 15.2 Å². The van der Waals surface area contributed by atoms with Crippen molar-refractivity contribution in [3.8, 4) is 0 Å². The van der Waals surface area contributed by atoms with E-state index < -0.39 is 0 Å². The van der Waals surface area contributed by atoms with Crippen LogP contribution in [0.15, 0.2) is 0 Å². The number of hydrogen-bond donors (Lipinski definition) is 2. The second-order valence-corrected chi connectivity index (χ2v) is 10.0. The molecule has 0 aliphatic carbocycles. The fourth-order valence-corrected chi connectivity index (χ4v) is 4.27. The Hall–Kier alpha value is -0.610. The highest BCUT2D eigenvalue weighted by molar-refractivity contribution is 5.69. The Morgan fingerprint density at radius 1 is 0.697 bits per heavy atom. The van der Waals surface area contributed by atoms with Crippen LogP contribution in [0.2, 0.25) is 0 Å². The molecule has 1 atom stereocenters. The molecule has 0 radical (unpaired) electrons. The number of carbonyl (C=O) groups is 1. The summed E-state index contributed by atoms with van der Waals surface area (Å²) < 4.78 is 5.93. The molecule has 1 unspecified atom stereocenters. The van der Waals surface area contributed by atoms with E-state index in [1.807, 2.05) is 6.92 Å². The summed E-state index contributed by atoms with van der Waals surface area (Å²) in [6.07, 6.45) is 24.5. The highest BCUT2D eigenvalue weighted by atomic mass is 16.5. The summed E-state index contributed by atoms with van der Waals surface area (Å²) in [5.74, 6) is 0.0205. The lowest BCUT2D eigenvalue weighted by Gasteiger charge is -2.18. The van der Waals surface area contributed by atoms with Crippen molar-refractivity contribution in [2.45, 2.75) is 168 Å². The van der Waals surface area contributed by atoms with Gasteiger partial charge in [-0.05, 0) is 51.5 Å². The molecule has 0 aromatic heterocycles. The van der Waals surface area contributed by atoms with Gasteiger partial charge in [-0.15, -0.1) is 0 Å². The molecule has 0 aliphatic rings. The van der Waals surface area contributed by atoms with Crippen LogP contribution in [0.5, 0.6) is 0 Å². The average Bonchev–Trinajstić information content (AvgIpc) is 2.81. The van der Waals surface area contributed by atoms with Crippen LogP contribution in [-0.2, 0) is 9.53 Å². The lowest BCUT2D eigenvalue weighted by molar-refractivity contribution is -0.150. The van der Waals surface area contributed by atoms with Gasteiger partial charge in [0.05, 0.1) is 6.10 Å². The van der Waals surface area contributed by atoms with E-state index in [4.69, 9.17) is 4.74 Å². The molecule has 0 saturated heterocycles. The molecule has 0 aromatic carbocycles. The van der Waals surface area contributed by atoms with Crippen LogP contribution < -0.4 is 5.32 Å². The van der Waals surface area contributed by atoms with E-state index in [2.05, 4.69) is 19.2 Å². The summed E-state index contributed by atoms with van der Waals surface area (Å²) in [7, 11) is 0. The first kappa shape index (κ1) is 32.4. The molecule has 0 aliphatic heterocycles. The van der Waals surface area contributed by atoms with Gasteiger partial charge >= 0.3 is 5.97 Å². The molecule has 0 amide bonds. The Labute approximate surface area is 207 Å². The first-order chi connectivity index (χ1) is 16.1. The highest BCUT2D eigenvalue weighted by Crippen LogP contribution is 2.18. The minimum atomic E-state index is -0.220. The normalized spacial score (nSPS) is 12.4. The SMILES string of the molecule is CCCCCCCCC(CCCCCCCC)OC(=O)CCCCCCCNCC(O)CC. The van der Waals surface area contributed by atoms with Crippen molar-refractivity contribution in [2.75, 3.05) is 13.1 Å². The zero-order chi connectivity index (χ0) is 24.4. The first-order valence-corrected chi connectivity index (χ1v) is 14.7. The van der Waals surface area contributed by atoms with Gasteiger partial charge in [0.15, 0.2) is 0 Å². The minimum Gasteiger partial charge on any atom is -0.462 e. The standard InChI is InChI=1S/C29H59NO3/c1-4-7-9-11-14-18-22-28(23-19-15-12-10-8-5-2)33-29(32)24-20-16-13-17-21-25-30-26-27(31)6-3/h27-28,30-31H,4-26H2,1-3H3. The molecule has 4 nitrogen and oxygen atoms in total. The molecular formula is C29H59NO3. The molecule has 0 aromatic rings. The number of unbranched alkanes of at least 4 members (excludes halogenated alkanes) is 14. The van der Waals surface area contributed by atoms with Gasteiger partial charge in [0.1, 0.15) is 6.10 Å². The summed E-state index contributed by atoms with van der Waals surface area (Å²) in [4.78, 5) is 12.4. The maximum atomic E-state index is 12.4. The molecule has 2 N–H and O–H groups in total. The summed E-state index contributed by atoms with van der Waals surface area (Å²) in [6.45, 7) is 8.18. The van der Waals surface area contributed by atoms with Crippen molar-refractivity contribution < 1.29 is 14.6 Å². The molecule has 4 heteroatoms. The van der Waals surface area contributed by atoms with Crippen molar-refractivity contribution in [1.82, 2.24) is 5.32 Å². The largest absolute Gasteiger partial charge is 0.462 e. The van der Waals surface area contributed by atoms with Gasteiger partial charge in [-0.1, -0.05) is 104 Å². The van der Waals surface area contributed by atoms with E-state index in [1.54, 1.807) is 0 Å². The highest BCUT2D eigenvalue weighted by Gasteiger charge is 2.14. The third-order valence-corrected chi connectivity index (χ3v) is 6.64. The van der Waals surface area contributed by atoms with Crippen molar-refractivity contribution in [3.63, 3.8) is 0 Å². The van der Waals surface area contributed by atoms with Crippen LogP contribution in [0, 0.1) is 0 Å². The molecular weight excluding hydrogens is 410 g/mol. The van der Waals surface area contributed by atoms with E-state index >= 15 is 0 Å². The summed E-state index contributed by atoms with van der Waals surface area (Å²) in [5.41, 5.74) is 0. The third-order valence-electron chi connectivity index (χ3n) is 6.64. The molecule has 198 valence electrons. The first-order valence-electron chi connectivity index (χ1n) is 14.7. The van der Waals surface area contributed by atoms with Gasteiger partial charge in [-0.3, -0.25) is 4.79 Å². The second-order valence-electron chi connectivity index (χ2n) is 10.0. The van der Waals surface area contributed by atoms with E-state index in [0.29, 0.717) is 13.0 Å². The number of aliphatic hydroxyl groups is 1. The van der Waals surface area contributed by atoms with Crippen molar-refractivity contribution in [2.24, 2.45) is 0 Å². The molecule has 0 bridgehead atoms. The number of nitrogens with one attached hydrogen (secondary N) is 1. The lowest BCUT2D eigenvalue weighted by Crippen LogP contribution is -2.26. The van der Waals surface area contributed by atoms with Crippen LogP contribution in [0.25, 0.3) is 0 Å². The monoisotopic (exact) mass is 469 g/mol. The zero-order valence-corrected chi connectivity index (χ0v) is 22.7. The second kappa shape index (κ2) is 26.0. The molecule has 0 heterocycles. The fraction of sp³-hybridized carbons (Fsp3) is 0.966. The van der Waals surface area contributed by atoms with Crippen LogP contribution in [0.3, 0.4) is 0 Å². The maximum Gasteiger partial charge on any atom is 0.306 e. The quantitative estimate of drug-likeness (QED) is 0.0992. The number of carbonyl (C=O) groups excluding carboxylic acids is 1. The van der Waals surface area contributed by atoms with E-state index in [-0.39, 0.29) is 18.2 Å². The van der Waals surface area contributed by atoms with Gasteiger partial charge in [0.2, 0.25) is 0 Å². The topological polar surface area (TPSA) is 58.6 Å². The minimum absolute atomic E-state index is 0.0205. The number of rotatable bonds is 26. The molecule has 0 spiro atoms. The van der Waals surface area contributed by atoms with Gasteiger partial charge in [-0.2, -0.15) is 0 Å². The Morgan fingerprint density at radius 3 is 1.73 bits per heavy atom. The Kier molecular flexibility index (Phi) is 25.5. The molecule has 0 saturated carbocycles. The Balaban J connectivity index is 3.93. The Bertz CT molecular complexity index is 386. The maximum absolute atomic E-state index is 12.4. The number of esters is 1. The number of hydrogen-bond acceptors (Lipinski definition) is 4. The lowest BCUT2D eigenvalue weighted by atomic mass is 10.0. The summed E-state index contributed by atoms with van der Waals surface area (Å²) in [6, 6.07) is 0.